The molecule has 2 aromatic heterocycles. The molecule has 0 bridgehead atoms. The number of rotatable bonds is 4. The summed E-state index contributed by atoms with van der Waals surface area (Å²) in [5, 5.41) is 4.90. The van der Waals surface area contributed by atoms with Crippen molar-refractivity contribution >= 4 is 60.6 Å². The average molecular weight is 427 g/mol. The maximum atomic E-state index is 12.3. The van der Waals surface area contributed by atoms with Gasteiger partial charge in [-0.2, -0.15) is 5.10 Å². The third kappa shape index (κ3) is 3.12. The zero-order valence-corrected chi connectivity index (χ0v) is 15.1. The van der Waals surface area contributed by atoms with Crippen LogP contribution in [0.5, 0.6) is 0 Å². The van der Waals surface area contributed by atoms with Crippen LogP contribution in [-0.4, -0.2) is 15.6 Å². The van der Waals surface area contributed by atoms with Gasteiger partial charge in [0.25, 0.3) is 0 Å². The fourth-order valence-corrected chi connectivity index (χ4v) is 4.87. The van der Waals surface area contributed by atoms with Crippen molar-refractivity contribution < 1.29 is 4.79 Å². The highest BCUT2D eigenvalue weighted by Gasteiger charge is 2.19. The lowest BCUT2D eigenvalue weighted by atomic mass is 10.1. The van der Waals surface area contributed by atoms with Crippen molar-refractivity contribution in [2.45, 2.75) is 26.8 Å². The molecule has 0 radical (unpaired) electrons. The summed E-state index contributed by atoms with van der Waals surface area (Å²) in [5.74, 6) is 0.0327. The Hall–Kier alpha value is -0.170. The molecule has 19 heavy (non-hydrogen) atoms. The number of hydrogen-bond donors (Lipinski definition) is 0. The monoisotopic (exact) mass is 424 g/mol. The topological polar surface area (TPSA) is 34.9 Å². The number of hydrogen-bond acceptors (Lipinski definition) is 3. The van der Waals surface area contributed by atoms with E-state index < -0.39 is 0 Å². The second-order valence-corrected chi connectivity index (χ2v) is 8.13. The van der Waals surface area contributed by atoms with Gasteiger partial charge in [0.05, 0.1) is 30.4 Å². The Morgan fingerprint density at radius 3 is 2.74 bits per heavy atom. The van der Waals surface area contributed by atoms with Crippen molar-refractivity contribution in [1.29, 1.82) is 0 Å². The molecule has 0 N–H and O–H groups in total. The standard InChI is InChI=1S/C12H11Br2ClN2OS/c1-3-17-8(11(15)6(2)16-17)5-9(18)7-4-10(13)19-12(7)14/h4H,3,5H2,1-2H3. The number of aryl methyl sites for hydroxylation is 2. The molecule has 0 aliphatic heterocycles. The van der Waals surface area contributed by atoms with E-state index in [1.807, 2.05) is 19.9 Å². The van der Waals surface area contributed by atoms with Crippen LogP contribution >= 0.6 is 54.8 Å². The number of carbonyl (C=O) groups is 1. The third-order valence-electron chi connectivity index (χ3n) is 2.74. The number of nitrogens with zero attached hydrogens (tertiary/aromatic N) is 2. The Kier molecular flexibility index (Phi) is 4.87. The van der Waals surface area contributed by atoms with Gasteiger partial charge in [-0.15, -0.1) is 11.3 Å². The molecule has 0 spiro atoms. The van der Waals surface area contributed by atoms with Gasteiger partial charge in [-0.05, 0) is 51.8 Å². The summed E-state index contributed by atoms with van der Waals surface area (Å²) in [6.45, 7) is 4.53. The maximum absolute atomic E-state index is 12.3. The van der Waals surface area contributed by atoms with Crippen LogP contribution in [0.4, 0.5) is 0 Å². The summed E-state index contributed by atoms with van der Waals surface area (Å²) in [5.41, 5.74) is 2.22. The van der Waals surface area contributed by atoms with Crippen molar-refractivity contribution in [3.8, 4) is 0 Å². The molecule has 102 valence electrons. The van der Waals surface area contributed by atoms with E-state index in [4.69, 9.17) is 11.6 Å². The highest BCUT2D eigenvalue weighted by atomic mass is 79.9. The first-order chi connectivity index (χ1) is 8.93. The molecule has 0 atom stereocenters. The number of thiophene rings is 1. The molecule has 3 nitrogen and oxygen atoms in total. The highest BCUT2D eigenvalue weighted by Crippen LogP contribution is 2.33. The number of aromatic nitrogens is 2. The molecule has 0 amide bonds. The van der Waals surface area contributed by atoms with Gasteiger partial charge in [0.15, 0.2) is 5.78 Å². The number of halogens is 3. The van der Waals surface area contributed by atoms with E-state index in [0.29, 0.717) is 17.1 Å². The first-order valence-electron chi connectivity index (χ1n) is 5.63. The summed E-state index contributed by atoms with van der Waals surface area (Å²) in [6.07, 6.45) is 0.259. The van der Waals surface area contributed by atoms with Gasteiger partial charge in [-0.3, -0.25) is 9.48 Å². The number of Topliss-reactive ketones (excluding diaryl/α,β-unsaturated/α-hetero) is 1. The van der Waals surface area contributed by atoms with Crippen LogP contribution in [0, 0.1) is 6.92 Å². The van der Waals surface area contributed by atoms with E-state index in [0.717, 1.165) is 19.0 Å². The minimum absolute atomic E-state index is 0.0327. The Morgan fingerprint density at radius 2 is 2.21 bits per heavy atom. The molecule has 2 aromatic rings. The second kappa shape index (κ2) is 6.08. The van der Waals surface area contributed by atoms with Crippen LogP contribution in [-0.2, 0) is 13.0 Å². The average Bonchev–Trinajstić information content (AvgIpc) is 2.83. The summed E-state index contributed by atoms with van der Waals surface area (Å²) < 4.78 is 3.54. The number of carbonyl (C=O) groups excluding carboxylic acids is 1. The van der Waals surface area contributed by atoms with Crippen LogP contribution in [0.25, 0.3) is 0 Å². The van der Waals surface area contributed by atoms with Crippen molar-refractivity contribution in [2.24, 2.45) is 0 Å². The SMILES string of the molecule is CCn1nc(C)c(Cl)c1CC(=O)c1cc(Br)sc1Br. The second-order valence-electron chi connectivity index (χ2n) is 4.00. The lowest BCUT2D eigenvalue weighted by Gasteiger charge is -2.04. The fourth-order valence-electron chi connectivity index (χ4n) is 1.82. The Bertz CT molecular complexity index is 636. The van der Waals surface area contributed by atoms with E-state index in [9.17, 15) is 4.79 Å². The molecular weight excluding hydrogens is 415 g/mol. The molecule has 2 rings (SSSR count). The predicted molar refractivity (Wildman–Crippen MR) is 85.4 cm³/mol. The van der Waals surface area contributed by atoms with Crippen molar-refractivity contribution in [1.82, 2.24) is 9.78 Å². The van der Waals surface area contributed by atoms with Gasteiger partial charge >= 0.3 is 0 Å². The lowest BCUT2D eigenvalue weighted by molar-refractivity contribution is 0.0990. The van der Waals surface area contributed by atoms with Gasteiger partial charge in [0.2, 0.25) is 0 Å². The van der Waals surface area contributed by atoms with Crippen LogP contribution < -0.4 is 0 Å². The van der Waals surface area contributed by atoms with Gasteiger partial charge in [0, 0.05) is 12.1 Å². The molecule has 7 heteroatoms. The zero-order valence-electron chi connectivity index (χ0n) is 10.3. The van der Waals surface area contributed by atoms with Crippen LogP contribution in [0.15, 0.2) is 13.6 Å². The van der Waals surface area contributed by atoms with Crippen molar-refractivity contribution in [2.75, 3.05) is 0 Å². The first kappa shape index (κ1) is 15.2. The summed E-state index contributed by atoms with van der Waals surface area (Å²) in [7, 11) is 0. The van der Waals surface area contributed by atoms with Gasteiger partial charge in [0.1, 0.15) is 0 Å². The highest BCUT2D eigenvalue weighted by molar-refractivity contribution is 9.12. The third-order valence-corrected chi connectivity index (χ3v) is 5.57. The summed E-state index contributed by atoms with van der Waals surface area (Å²) in [6, 6.07) is 1.82. The minimum Gasteiger partial charge on any atom is -0.294 e. The van der Waals surface area contributed by atoms with E-state index >= 15 is 0 Å². The molecule has 0 saturated carbocycles. The molecule has 0 saturated heterocycles. The predicted octanol–water partition coefficient (Wildman–Crippen LogP) is 4.88. The molecule has 2 heterocycles. The number of ketones is 1. The Labute approximate surface area is 137 Å². The molecule has 0 aliphatic carbocycles. The van der Waals surface area contributed by atoms with Crippen molar-refractivity contribution in [3.63, 3.8) is 0 Å². The smallest absolute Gasteiger partial charge is 0.170 e. The molecular formula is C12H11Br2ClN2OS. The minimum atomic E-state index is 0.0327. The lowest BCUT2D eigenvalue weighted by Crippen LogP contribution is -2.09. The largest absolute Gasteiger partial charge is 0.294 e. The Balaban J connectivity index is 2.31. The molecule has 0 aromatic carbocycles. The van der Waals surface area contributed by atoms with Crippen LogP contribution in [0.2, 0.25) is 5.02 Å². The van der Waals surface area contributed by atoms with Crippen LogP contribution in [0.1, 0.15) is 28.7 Å². The summed E-state index contributed by atoms with van der Waals surface area (Å²) in [4.78, 5) is 12.3. The fraction of sp³-hybridized carbons (Fsp3) is 0.333. The normalized spacial score (nSPS) is 11.0. The van der Waals surface area contributed by atoms with Crippen LogP contribution in [0.3, 0.4) is 0 Å². The first-order valence-corrected chi connectivity index (χ1v) is 8.41. The molecule has 0 fully saturated rings. The maximum Gasteiger partial charge on any atom is 0.170 e. The quantitative estimate of drug-likeness (QED) is 0.654. The van der Waals surface area contributed by atoms with E-state index in [-0.39, 0.29) is 12.2 Å². The van der Waals surface area contributed by atoms with E-state index in [1.54, 1.807) is 4.68 Å². The Morgan fingerprint density at radius 1 is 1.53 bits per heavy atom. The molecule has 0 unspecified atom stereocenters. The van der Waals surface area contributed by atoms with Gasteiger partial charge < -0.3 is 0 Å². The molecule has 0 aliphatic rings. The van der Waals surface area contributed by atoms with Gasteiger partial charge in [-0.25, -0.2) is 0 Å². The summed E-state index contributed by atoms with van der Waals surface area (Å²) >= 11 is 14.5. The van der Waals surface area contributed by atoms with E-state index in [1.165, 1.54) is 11.3 Å². The van der Waals surface area contributed by atoms with E-state index in [2.05, 4.69) is 37.0 Å². The van der Waals surface area contributed by atoms with Gasteiger partial charge in [-0.1, -0.05) is 11.6 Å². The zero-order chi connectivity index (χ0) is 14.2. The van der Waals surface area contributed by atoms with Crippen molar-refractivity contribution in [3.05, 3.63) is 35.6 Å².